The van der Waals surface area contributed by atoms with Gasteiger partial charge in [0.05, 0.1) is 11.7 Å². The van der Waals surface area contributed by atoms with Crippen LogP contribution in [0.2, 0.25) is 0 Å². The van der Waals surface area contributed by atoms with Crippen molar-refractivity contribution in [3.63, 3.8) is 0 Å². The minimum absolute atomic E-state index is 0.156. The fraction of sp³-hybridized carbons (Fsp3) is 0.455. The molecule has 86 valence electrons. The second kappa shape index (κ2) is 4.94. The second-order valence-electron chi connectivity index (χ2n) is 3.79. The fourth-order valence-electron chi connectivity index (χ4n) is 1.51. The lowest BCUT2D eigenvalue weighted by atomic mass is 10.1. The molecular weight excluding hydrogens is 204 g/mol. The Morgan fingerprint density at radius 1 is 1.56 bits per heavy atom. The van der Waals surface area contributed by atoms with Gasteiger partial charge in [0.1, 0.15) is 0 Å². The Kier molecular flexibility index (Phi) is 3.36. The summed E-state index contributed by atoms with van der Waals surface area (Å²) in [7, 11) is 0. The first-order valence-electron chi connectivity index (χ1n) is 5.54. The highest BCUT2D eigenvalue weighted by molar-refractivity contribution is 5.47. The molecule has 1 atom stereocenters. The minimum Gasteiger partial charge on any atom is -0.359 e. The number of aromatic amines is 1. The molecule has 0 aliphatic carbocycles. The zero-order chi connectivity index (χ0) is 11.4. The highest BCUT2D eigenvalue weighted by Crippen LogP contribution is 2.18. The average Bonchev–Trinajstić information content (AvgIpc) is 2.94. The zero-order valence-corrected chi connectivity index (χ0v) is 9.31. The van der Waals surface area contributed by atoms with Gasteiger partial charge in [-0.2, -0.15) is 4.98 Å². The Morgan fingerprint density at radius 3 is 3.12 bits per heavy atom. The summed E-state index contributed by atoms with van der Waals surface area (Å²) >= 11 is 0. The number of unbranched alkanes of at least 4 members (excludes halogenated alkanes) is 1. The van der Waals surface area contributed by atoms with Crippen molar-refractivity contribution >= 4 is 0 Å². The van der Waals surface area contributed by atoms with Gasteiger partial charge in [0.15, 0.2) is 0 Å². The van der Waals surface area contributed by atoms with Crippen LogP contribution in [0.15, 0.2) is 22.9 Å². The van der Waals surface area contributed by atoms with Crippen LogP contribution in [0.3, 0.4) is 0 Å². The topological polar surface area (TPSA) is 80.7 Å². The summed E-state index contributed by atoms with van der Waals surface area (Å²) in [6, 6.07) is 3.63. The van der Waals surface area contributed by atoms with Crippen molar-refractivity contribution in [2.24, 2.45) is 5.73 Å². The maximum Gasteiger partial charge on any atom is 0.243 e. The summed E-state index contributed by atoms with van der Waals surface area (Å²) in [6.07, 6.45) is 4.89. The van der Waals surface area contributed by atoms with Crippen LogP contribution in [0.4, 0.5) is 0 Å². The third-order valence-electron chi connectivity index (χ3n) is 2.47. The Labute approximate surface area is 94.0 Å². The van der Waals surface area contributed by atoms with Crippen molar-refractivity contribution in [3.05, 3.63) is 24.2 Å². The van der Waals surface area contributed by atoms with Gasteiger partial charge in [-0.1, -0.05) is 24.9 Å². The summed E-state index contributed by atoms with van der Waals surface area (Å²) in [5.41, 5.74) is 6.79. The maximum atomic E-state index is 5.94. The van der Waals surface area contributed by atoms with Crippen LogP contribution >= 0.6 is 0 Å². The smallest absolute Gasteiger partial charge is 0.243 e. The normalized spacial score (nSPS) is 12.9. The van der Waals surface area contributed by atoms with Crippen molar-refractivity contribution in [3.8, 4) is 11.5 Å². The maximum absolute atomic E-state index is 5.94. The average molecular weight is 220 g/mol. The number of nitrogens with zero attached hydrogens (tertiary/aromatic N) is 2. The number of rotatable bonds is 5. The van der Waals surface area contributed by atoms with Crippen molar-refractivity contribution in [2.45, 2.75) is 32.2 Å². The molecule has 2 aromatic rings. The SMILES string of the molecule is CCCCC(N)c1nc(-c2ccc[nH]2)no1. The molecule has 0 aromatic carbocycles. The molecule has 2 aromatic heterocycles. The Hall–Kier alpha value is -1.62. The monoisotopic (exact) mass is 220 g/mol. The van der Waals surface area contributed by atoms with E-state index in [4.69, 9.17) is 10.3 Å². The van der Waals surface area contributed by atoms with Gasteiger partial charge >= 0.3 is 0 Å². The molecule has 3 N–H and O–H groups in total. The molecule has 0 saturated heterocycles. The fourth-order valence-corrected chi connectivity index (χ4v) is 1.51. The number of nitrogens with one attached hydrogen (secondary N) is 1. The molecule has 16 heavy (non-hydrogen) atoms. The second-order valence-corrected chi connectivity index (χ2v) is 3.79. The van der Waals surface area contributed by atoms with Crippen LogP contribution in [-0.2, 0) is 0 Å². The van der Waals surface area contributed by atoms with E-state index in [1.165, 1.54) is 0 Å². The summed E-state index contributed by atoms with van der Waals surface area (Å²) in [6.45, 7) is 2.13. The van der Waals surface area contributed by atoms with E-state index in [1.807, 2.05) is 18.3 Å². The Bertz CT molecular complexity index is 421. The Morgan fingerprint density at radius 2 is 2.44 bits per heavy atom. The molecule has 2 rings (SSSR count). The summed E-state index contributed by atoms with van der Waals surface area (Å²) < 4.78 is 5.14. The van der Waals surface area contributed by atoms with E-state index in [0.29, 0.717) is 11.7 Å². The summed E-state index contributed by atoms with van der Waals surface area (Å²) in [4.78, 5) is 7.29. The molecule has 2 heterocycles. The van der Waals surface area contributed by atoms with E-state index in [1.54, 1.807) is 0 Å². The van der Waals surface area contributed by atoms with E-state index in [2.05, 4.69) is 22.0 Å². The van der Waals surface area contributed by atoms with Crippen LogP contribution in [-0.4, -0.2) is 15.1 Å². The molecule has 0 aliphatic rings. The predicted molar refractivity (Wildman–Crippen MR) is 60.5 cm³/mol. The van der Waals surface area contributed by atoms with Gasteiger partial charge in [-0.25, -0.2) is 0 Å². The van der Waals surface area contributed by atoms with Crippen molar-refractivity contribution in [1.29, 1.82) is 0 Å². The first-order chi connectivity index (χ1) is 7.81. The highest BCUT2D eigenvalue weighted by Gasteiger charge is 2.15. The van der Waals surface area contributed by atoms with Gasteiger partial charge in [-0.3, -0.25) is 0 Å². The molecule has 5 heteroatoms. The number of hydrogen-bond donors (Lipinski definition) is 2. The third-order valence-corrected chi connectivity index (χ3v) is 2.47. The van der Waals surface area contributed by atoms with Gasteiger partial charge in [-0.15, -0.1) is 0 Å². The lowest BCUT2D eigenvalue weighted by Gasteiger charge is -2.03. The molecule has 0 bridgehead atoms. The quantitative estimate of drug-likeness (QED) is 0.809. The van der Waals surface area contributed by atoms with Gasteiger partial charge in [0.2, 0.25) is 11.7 Å². The van der Waals surface area contributed by atoms with E-state index < -0.39 is 0 Å². The molecule has 5 nitrogen and oxygen atoms in total. The number of aromatic nitrogens is 3. The molecular formula is C11H16N4O. The lowest BCUT2D eigenvalue weighted by Crippen LogP contribution is -2.10. The number of hydrogen-bond acceptors (Lipinski definition) is 4. The first-order valence-corrected chi connectivity index (χ1v) is 5.54. The molecule has 0 spiro atoms. The largest absolute Gasteiger partial charge is 0.359 e. The predicted octanol–water partition coefficient (Wildman–Crippen LogP) is 2.25. The summed E-state index contributed by atoms with van der Waals surface area (Å²) in [5, 5.41) is 3.89. The zero-order valence-electron chi connectivity index (χ0n) is 9.31. The van der Waals surface area contributed by atoms with Gasteiger partial charge < -0.3 is 15.2 Å². The van der Waals surface area contributed by atoms with Gasteiger partial charge in [0.25, 0.3) is 0 Å². The van der Waals surface area contributed by atoms with Crippen LogP contribution in [0.25, 0.3) is 11.5 Å². The molecule has 0 radical (unpaired) electrons. The van der Waals surface area contributed by atoms with Crippen LogP contribution in [0.1, 0.15) is 38.1 Å². The van der Waals surface area contributed by atoms with Crippen LogP contribution < -0.4 is 5.73 Å². The number of H-pyrrole nitrogens is 1. The first kappa shape index (κ1) is 10.9. The molecule has 0 fully saturated rings. The Balaban J connectivity index is 2.07. The molecule has 0 aliphatic heterocycles. The van der Waals surface area contributed by atoms with Crippen LogP contribution in [0, 0.1) is 0 Å². The van der Waals surface area contributed by atoms with E-state index >= 15 is 0 Å². The lowest BCUT2D eigenvalue weighted by molar-refractivity contribution is 0.346. The van der Waals surface area contributed by atoms with E-state index in [0.717, 1.165) is 25.0 Å². The van der Waals surface area contributed by atoms with Crippen molar-refractivity contribution in [1.82, 2.24) is 15.1 Å². The number of nitrogens with two attached hydrogens (primary N) is 1. The van der Waals surface area contributed by atoms with Crippen LogP contribution in [0.5, 0.6) is 0 Å². The van der Waals surface area contributed by atoms with Gasteiger partial charge in [-0.05, 0) is 18.6 Å². The van der Waals surface area contributed by atoms with Crippen molar-refractivity contribution in [2.75, 3.05) is 0 Å². The minimum atomic E-state index is -0.156. The molecule has 0 saturated carbocycles. The summed E-state index contributed by atoms with van der Waals surface area (Å²) in [5.74, 6) is 1.07. The van der Waals surface area contributed by atoms with Crippen molar-refractivity contribution < 1.29 is 4.52 Å². The highest BCUT2D eigenvalue weighted by atomic mass is 16.5. The molecule has 0 amide bonds. The van der Waals surface area contributed by atoms with Gasteiger partial charge in [0, 0.05) is 6.20 Å². The molecule has 1 unspecified atom stereocenters. The van der Waals surface area contributed by atoms with E-state index in [9.17, 15) is 0 Å². The third kappa shape index (κ3) is 2.30. The standard InChI is InChI=1S/C11H16N4O/c1-2-3-5-8(12)11-14-10(15-16-11)9-6-4-7-13-9/h4,6-8,13H,2-3,5,12H2,1H3. The van der Waals surface area contributed by atoms with E-state index in [-0.39, 0.29) is 6.04 Å².